The first-order valence-electron chi connectivity index (χ1n) is 6.51. The average molecular weight is 288 g/mol. The standard InChI is InChI=1S/C14H19Cl2NO/c15-12-7-11(8-13(16)9-12)10-17-5-6-18-14-3-1-2-4-14/h7-9,14,17H,1-6,10H2. The second-order valence-corrected chi connectivity index (χ2v) is 5.60. The molecule has 0 unspecified atom stereocenters. The maximum atomic E-state index is 5.94. The molecule has 1 aliphatic carbocycles. The maximum absolute atomic E-state index is 5.94. The summed E-state index contributed by atoms with van der Waals surface area (Å²) in [4.78, 5) is 0. The predicted molar refractivity (Wildman–Crippen MR) is 76.4 cm³/mol. The zero-order valence-corrected chi connectivity index (χ0v) is 11.9. The van der Waals surface area contributed by atoms with Crippen molar-refractivity contribution in [2.45, 2.75) is 38.3 Å². The van der Waals surface area contributed by atoms with Crippen LogP contribution in [0, 0.1) is 0 Å². The molecule has 2 rings (SSSR count). The lowest BCUT2D eigenvalue weighted by atomic mass is 10.2. The van der Waals surface area contributed by atoms with E-state index < -0.39 is 0 Å². The number of rotatable bonds is 6. The molecule has 0 heterocycles. The highest BCUT2D eigenvalue weighted by molar-refractivity contribution is 6.34. The highest BCUT2D eigenvalue weighted by atomic mass is 35.5. The van der Waals surface area contributed by atoms with Gasteiger partial charge in [0.25, 0.3) is 0 Å². The predicted octanol–water partition coefficient (Wildman–Crippen LogP) is 4.04. The lowest BCUT2D eigenvalue weighted by Gasteiger charge is -2.11. The summed E-state index contributed by atoms with van der Waals surface area (Å²) >= 11 is 11.9. The molecular formula is C14H19Cl2NO. The molecular weight excluding hydrogens is 269 g/mol. The van der Waals surface area contributed by atoms with Crippen molar-refractivity contribution in [3.63, 3.8) is 0 Å². The SMILES string of the molecule is Clc1cc(Cl)cc(CNCCOC2CCCC2)c1. The molecule has 1 aliphatic rings. The smallest absolute Gasteiger partial charge is 0.0594 e. The molecule has 1 aromatic carbocycles. The first kappa shape index (κ1) is 14.1. The summed E-state index contributed by atoms with van der Waals surface area (Å²) < 4.78 is 5.77. The summed E-state index contributed by atoms with van der Waals surface area (Å²) in [5, 5.41) is 4.70. The number of benzene rings is 1. The molecule has 0 saturated heterocycles. The Labute approximate surface area is 119 Å². The van der Waals surface area contributed by atoms with Gasteiger partial charge >= 0.3 is 0 Å². The van der Waals surface area contributed by atoms with Crippen LogP contribution < -0.4 is 5.32 Å². The highest BCUT2D eigenvalue weighted by Gasteiger charge is 2.14. The van der Waals surface area contributed by atoms with Crippen LogP contribution in [0.5, 0.6) is 0 Å². The second-order valence-electron chi connectivity index (χ2n) is 4.73. The molecule has 1 N–H and O–H groups in total. The second kappa shape index (κ2) is 7.34. The Balaban J connectivity index is 1.62. The summed E-state index contributed by atoms with van der Waals surface area (Å²) in [6.45, 7) is 2.41. The van der Waals surface area contributed by atoms with Crippen molar-refractivity contribution in [1.82, 2.24) is 5.32 Å². The van der Waals surface area contributed by atoms with Crippen LogP contribution in [0.1, 0.15) is 31.2 Å². The van der Waals surface area contributed by atoms with Gasteiger partial charge in [-0.05, 0) is 36.6 Å². The normalized spacial score (nSPS) is 16.3. The number of hydrogen-bond donors (Lipinski definition) is 1. The number of ether oxygens (including phenoxy) is 1. The van der Waals surface area contributed by atoms with Crippen molar-refractivity contribution in [1.29, 1.82) is 0 Å². The lowest BCUT2D eigenvalue weighted by molar-refractivity contribution is 0.0603. The van der Waals surface area contributed by atoms with E-state index in [1.807, 2.05) is 12.1 Å². The van der Waals surface area contributed by atoms with E-state index in [1.165, 1.54) is 25.7 Å². The molecule has 0 aliphatic heterocycles. The summed E-state index contributed by atoms with van der Waals surface area (Å²) in [7, 11) is 0. The molecule has 0 amide bonds. The Morgan fingerprint density at radius 2 is 1.78 bits per heavy atom. The summed E-state index contributed by atoms with van der Waals surface area (Å²) in [5.41, 5.74) is 1.10. The van der Waals surface area contributed by atoms with Gasteiger partial charge in [0.1, 0.15) is 0 Å². The van der Waals surface area contributed by atoms with Crippen LogP contribution in [0.25, 0.3) is 0 Å². The molecule has 4 heteroatoms. The Hall–Kier alpha value is -0.280. The van der Waals surface area contributed by atoms with Crippen molar-refractivity contribution in [2.24, 2.45) is 0 Å². The lowest BCUT2D eigenvalue weighted by Crippen LogP contribution is -2.21. The molecule has 1 saturated carbocycles. The first-order chi connectivity index (χ1) is 8.74. The molecule has 18 heavy (non-hydrogen) atoms. The maximum Gasteiger partial charge on any atom is 0.0594 e. The molecule has 0 spiro atoms. The minimum absolute atomic E-state index is 0.493. The fourth-order valence-corrected chi connectivity index (χ4v) is 2.87. The fourth-order valence-electron chi connectivity index (χ4n) is 2.30. The minimum atomic E-state index is 0.493. The van der Waals surface area contributed by atoms with Gasteiger partial charge in [0.2, 0.25) is 0 Å². The van der Waals surface area contributed by atoms with Gasteiger partial charge in [0, 0.05) is 23.1 Å². The van der Waals surface area contributed by atoms with Crippen molar-refractivity contribution in [3.8, 4) is 0 Å². The van der Waals surface area contributed by atoms with Gasteiger partial charge in [0.05, 0.1) is 12.7 Å². The van der Waals surface area contributed by atoms with Gasteiger partial charge in [-0.1, -0.05) is 36.0 Å². The minimum Gasteiger partial charge on any atom is -0.377 e. The molecule has 1 aromatic rings. The van der Waals surface area contributed by atoms with E-state index in [-0.39, 0.29) is 0 Å². The zero-order chi connectivity index (χ0) is 12.8. The molecule has 0 bridgehead atoms. The van der Waals surface area contributed by atoms with E-state index in [1.54, 1.807) is 6.07 Å². The summed E-state index contributed by atoms with van der Waals surface area (Å²) in [5.74, 6) is 0. The van der Waals surface area contributed by atoms with Gasteiger partial charge in [-0.15, -0.1) is 0 Å². The topological polar surface area (TPSA) is 21.3 Å². The molecule has 100 valence electrons. The zero-order valence-electron chi connectivity index (χ0n) is 10.4. The average Bonchev–Trinajstić information content (AvgIpc) is 2.80. The molecule has 0 atom stereocenters. The van der Waals surface area contributed by atoms with Crippen LogP contribution in [0.4, 0.5) is 0 Å². The third-order valence-corrected chi connectivity index (χ3v) is 3.62. The molecule has 0 aromatic heterocycles. The largest absolute Gasteiger partial charge is 0.377 e. The van der Waals surface area contributed by atoms with Gasteiger partial charge in [-0.3, -0.25) is 0 Å². The van der Waals surface area contributed by atoms with E-state index in [9.17, 15) is 0 Å². The highest BCUT2D eigenvalue weighted by Crippen LogP contribution is 2.20. The van der Waals surface area contributed by atoms with Crippen molar-refractivity contribution < 1.29 is 4.74 Å². The van der Waals surface area contributed by atoms with E-state index in [0.717, 1.165) is 25.3 Å². The molecule has 1 fully saturated rings. The quantitative estimate of drug-likeness (QED) is 0.798. The van der Waals surface area contributed by atoms with Crippen LogP contribution in [-0.4, -0.2) is 19.3 Å². The van der Waals surface area contributed by atoms with Crippen molar-refractivity contribution in [3.05, 3.63) is 33.8 Å². The first-order valence-corrected chi connectivity index (χ1v) is 7.27. The third kappa shape index (κ3) is 4.77. The number of halogens is 2. The van der Waals surface area contributed by atoms with Crippen molar-refractivity contribution >= 4 is 23.2 Å². The van der Waals surface area contributed by atoms with E-state index in [2.05, 4.69) is 5.32 Å². The monoisotopic (exact) mass is 287 g/mol. The third-order valence-electron chi connectivity index (χ3n) is 3.19. The number of hydrogen-bond acceptors (Lipinski definition) is 2. The fraction of sp³-hybridized carbons (Fsp3) is 0.571. The van der Waals surface area contributed by atoms with Gasteiger partial charge in [-0.25, -0.2) is 0 Å². The molecule has 2 nitrogen and oxygen atoms in total. The Kier molecular flexibility index (Phi) is 5.77. The van der Waals surface area contributed by atoms with Crippen LogP contribution in [-0.2, 0) is 11.3 Å². The summed E-state index contributed by atoms with van der Waals surface area (Å²) in [6, 6.07) is 5.60. The van der Waals surface area contributed by atoms with Crippen molar-refractivity contribution in [2.75, 3.05) is 13.2 Å². The van der Waals surface area contributed by atoms with Gasteiger partial charge in [0.15, 0.2) is 0 Å². The van der Waals surface area contributed by atoms with Crippen LogP contribution in [0.3, 0.4) is 0 Å². The Morgan fingerprint density at radius 3 is 2.44 bits per heavy atom. The van der Waals surface area contributed by atoms with E-state index in [0.29, 0.717) is 16.1 Å². The van der Waals surface area contributed by atoms with Crippen LogP contribution >= 0.6 is 23.2 Å². The van der Waals surface area contributed by atoms with Gasteiger partial charge < -0.3 is 10.1 Å². The Morgan fingerprint density at radius 1 is 1.11 bits per heavy atom. The number of nitrogens with one attached hydrogen (secondary N) is 1. The van der Waals surface area contributed by atoms with Gasteiger partial charge in [-0.2, -0.15) is 0 Å². The van der Waals surface area contributed by atoms with Crippen LogP contribution in [0.15, 0.2) is 18.2 Å². The van der Waals surface area contributed by atoms with E-state index in [4.69, 9.17) is 27.9 Å². The van der Waals surface area contributed by atoms with E-state index >= 15 is 0 Å². The van der Waals surface area contributed by atoms with Crippen LogP contribution in [0.2, 0.25) is 10.0 Å². The Bertz CT molecular complexity index is 358. The molecule has 0 radical (unpaired) electrons. The summed E-state index contributed by atoms with van der Waals surface area (Å²) in [6.07, 6.45) is 5.58.